The molecule has 0 radical (unpaired) electrons. The Labute approximate surface area is 123 Å². The third-order valence-electron chi connectivity index (χ3n) is 2.58. The molecule has 7 heteroatoms. The summed E-state index contributed by atoms with van der Waals surface area (Å²) in [6.07, 6.45) is 0.665. The molecule has 1 rings (SSSR count). The number of aromatic nitrogens is 1. The summed E-state index contributed by atoms with van der Waals surface area (Å²) in [7, 11) is 0. The van der Waals surface area contributed by atoms with Crippen molar-refractivity contribution in [3.8, 4) is 0 Å². The molecule has 0 saturated heterocycles. The Morgan fingerprint density at radius 1 is 1.50 bits per heavy atom. The first-order valence-corrected chi connectivity index (χ1v) is 7.59. The van der Waals surface area contributed by atoms with Gasteiger partial charge in [-0.15, -0.1) is 11.3 Å². The van der Waals surface area contributed by atoms with Gasteiger partial charge in [0, 0.05) is 24.4 Å². The Kier molecular flexibility index (Phi) is 6.60. The number of nitrogens with zero attached hydrogens (tertiary/aromatic N) is 2. The second-order valence-electron chi connectivity index (χ2n) is 4.71. The SMILES string of the molecule is CCN(CC(=O)NC(C)C)C(=O)c1csc(CCN)n1. The van der Waals surface area contributed by atoms with Crippen LogP contribution in [0.2, 0.25) is 0 Å². The van der Waals surface area contributed by atoms with E-state index in [-0.39, 0.29) is 24.4 Å². The molecule has 20 heavy (non-hydrogen) atoms. The van der Waals surface area contributed by atoms with Crippen LogP contribution >= 0.6 is 11.3 Å². The molecule has 0 spiro atoms. The number of amides is 2. The van der Waals surface area contributed by atoms with Crippen molar-refractivity contribution in [3.05, 3.63) is 16.1 Å². The predicted octanol–water partition coefficient (Wildman–Crippen LogP) is 0.631. The van der Waals surface area contributed by atoms with Crippen molar-refractivity contribution in [2.24, 2.45) is 5.73 Å². The second kappa shape index (κ2) is 7.96. The molecule has 0 unspecified atom stereocenters. The highest BCUT2D eigenvalue weighted by atomic mass is 32.1. The topological polar surface area (TPSA) is 88.3 Å². The minimum absolute atomic E-state index is 0.0528. The van der Waals surface area contributed by atoms with E-state index in [1.165, 1.54) is 16.2 Å². The molecule has 0 fully saturated rings. The molecule has 1 heterocycles. The monoisotopic (exact) mass is 298 g/mol. The number of carbonyl (C=O) groups excluding carboxylic acids is 2. The number of hydrogen-bond donors (Lipinski definition) is 2. The number of nitrogens with two attached hydrogens (primary N) is 1. The molecule has 112 valence electrons. The fourth-order valence-electron chi connectivity index (χ4n) is 1.68. The van der Waals surface area contributed by atoms with Crippen LogP contribution in [0, 0.1) is 0 Å². The van der Waals surface area contributed by atoms with E-state index in [0.29, 0.717) is 25.2 Å². The zero-order chi connectivity index (χ0) is 15.1. The molecule has 1 aromatic heterocycles. The summed E-state index contributed by atoms with van der Waals surface area (Å²) >= 11 is 1.42. The van der Waals surface area contributed by atoms with Crippen LogP contribution < -0.4 is 11.1 Å². The van der Waals surface area contributed by atoms with Crippen molar-refractivity contribution in [1.82, 2.24) is 15.2 Å². The van der Waals surface area contributed by atoms with Crippen molar-refractivity contribution < 1.29 is 9.59 Å². The zero-order valence-corrected chi connectivity index (χ0v) is 13.0. The van der Waals surface area contributed by atoms with Crippen molar-refractivity contribution in [2.75, 3.05) is 19.6 Å². The van der Waals surface area contributed by atoms with Crippen LogP contribution in [-0.2, 0) is 11.2 Å². The smallest absolute Gasteiger partial charge is 0.273 e. The lowest BCUT2D eigenvalue weighted by Gasteiger charge is -2.20. The predicted molar refractivity (Wildman–Crippen MR) is 79.7 cm³/mol. The van der Waals surface area contributed by atoms with Gasteiger partial charge in [0.1, 0.15) is 5.69 Å². The third kappa shape index (κ3) is 4.90. The normalized spacial score (nSPS) is 10.7. The van der Waals surface area contributed by atoms with Crippen LogP contribution in [0.4, 0.5) is 0 Å². The van der Waals surface area contributed by atoms with Crippen LogP contribution in [0.25, 0.3) is 0 Å². The molecular weight excluding hydrogens is 276 g/mol. The van der Waals surface area contributed by atoms with E-state index in [4.69, 9.17) is 5.73 Å². The van der Waals surface area contributed by atoms with Gasteiger partial charge in [-0.2, -0.15) is 0 Å². The van der Waals surface area contributed by atoms with E-state index in [2.05, 4.69) is 10.3 Å². The Balaban J connectivity index is 2.68. The van der Waals surface area contributed by atoms with Crippen LogP contribution in [0.5, 0.6) is 0 Å². The van der Waals surface area contributed by atoms with Gasteiger partial charge >= 0.3 is 0 Å². The number of hydrogen-bond acceptors (Lipinski definition) is 5. The molecule has 3 N–H and O–H groups in total. The maximum absolute atomic E-state index is 12.3. The molecule has 0 aliphatic carbocycles. The zero-order valence-electron chi connectivity index (χ0n) is 12.2. The van der Waals surface area contributed by atoms with E-state index < -0.39 is 0 Å². The largest absolute Gasteiger partial charge is 0.352 e. The van der Waals surface area contributed by atoms with E-state index in [1.807, 2.05) is 20.8 Å². The van der Waals surface area contributed by atoms with Crippen molar-refractivity contribution >= 4 is 23.2 Å². The van der Waals surface area contributed by atoms with Crippen LogP contribution in [-0.4, -0.2) is 47.4 Å². The molecule has 1 aromatic rings. The van der Waals surface area contributed by atoms with Crippen molar-refractivity contribution in [2.45, 2.75) is 33.2 Å². The number of thiazole rings is 1. The summed E-state index contributed by atoms with van der Waals surface area (Å²) in [5, 5.41) is 5.34. The lowest BCUT2D eigenvalue weighted by Crippen LogP contribution is -2.42. The van der Waals surface area contributed by atoms with Crippen molar-refractivity contribution in [1.29, 1.82) is 0 Å². The standard InChI is InChI=1S/C13H22N4O2S/c1-4-17(7-11(18)15-9(2)3)13(19)10-8-20-12(16-10)5-6-14/h8-9H,4-7,14H2,1-3H3,(H,15,18). The first-order valence-electron chi connectivity index (χ1n) is 6.71. The molecule has 0 aromatic carbocycles. The van der Waals surface area contributed by atoms with Gasteiger partial charge in [0.25, 0.3) is 5.91 Å². The molecular formula is C13H22N4O2S. The van der Waals surface area contributed by atoms with Crippen LogP contribution in [0.3, 0.4) is 0 Å². The summed E-state index contributed by atoms with van der Waals surface area (Å²) in [5.74, 6) is -0.376. The molecule has 0 aliphatic rings. The van der Waals surface area contributed by atoms with Gasteiger partial charge < -0.3 is 16.0 Å². The van der Waals surface area contributed by atoms with Gasteiger partial charge in [-0.25, -0.2) is 4.98 Å². The molecule has 0 bridgehead atoms. The summed E-state index contributed by atoms with van der Waals surface area (Å²) < 4.78 is 0. The first-order chi connectivity index (χ1) is 9.47. The summed E-state index contributed by atoms with van der Waals surface area (Å²) in [6.45, 7) is 6.64. The number of likely N-dealkylation sites (N-methyl/N-ethyl adjacent to an activating group) is 1. The quantitative estimate of drug-likeness (QED) is 0.773. The average Bonchev–Trinajstić information content (AvgIpc) is 2.83. The molecule has 6 nitrogen and oxygen atoms in total. The van der Waals surface area contributed by atoms with Gasteiger partial charge in [0.15, 0.2) is 0 Å². The number of carbonyl (C=O) groups is 2. The van der Waals surface area contributed by atoms with E-state index >= 15 is 0 Å². The highest BCUT2D eigenvalue weighted by Gasteiger charge is 2.20. The maximum atomic E-state index is 12.3. The van der Waals surface area contributed by atoms with E-state index in [0.717, 1.165) is 5.01 Å². The first kappa shape index (κ1) is 16.6. The van der Waals surface area contributed by atoms with Crippen LogP contribution in [0.1, 0.15) is 36.3 Å². The van der Waals surface area contributed by atoms with E-state index in [1.54, 1.807) is 5.38 Å². The minimum atomic E-state index is -0.217. The van der Waals surface area contributed by atoms with Gasteiger partial charge in [-0.05, 0) is 27.3 Å². The molecule has 0 atom stereocenters. The van der Waals surface area contributed by atoms with E-state index in [9.17, 15) is 9.59 Å². The Morgan fingerprint density at radius 3 is 2.75 bits per heavy atom. The summed E-state index contributed by atoms with van der Waals surface area (Å²) in [6, 6.07) is 0.0618. The molecule has 0 aliphatic heterocycles. The lowest BCUT2D eigenvalue weighted by atomic mass is 10.3. The Bertz CT molecular complexity index is 459. The summed E-state index contributed by atoms with van der Waals surface area (Å²) in [5.41, 5.74) is 5.85. The van der Waals surface area contributed by atoms with Crippen molar-refractivity contribution in [3.63, 3.8) is 0 Å². The molecule has 0 saturated carbocycles. The maximum Gasteiger partial charge on any atom is 0.273 e. The second-order valence-corrected chi connectivity index (χ2v) is 5.65. The van der Waals surface area contributed by atoms with Gasteiger partial charge in [-0.1, -0.05) is 0 Å². The lowest BCUT2D eigenvalue weighted by molar-refractivity contribution is -0.122. The number of nitrogens with one attached hydrogen (secondary N) is 1. The highest BCUT2D eigenvalue weighted by molar-refractivity contribution is 7.09. The Morgan fingerprint density at radius 2 is 2.20 bits per heavy atom. The van der Waals surface area contributed by atoms with Gasteiger partial charge in [-0.3, -0.25) is 9.59 Å². The van der Waals surface area contributed by atoms with Crippen LogP contribution in [0.15, 0.2) is 5.38 Å². The number of rotatable bonds is 7. The fourth-order valence-corrected chi connectivity index (χ4v) is 2.47. The third-order valence-corrected chi connectivity index (χ3v) is 3.49. The van der Waals surface area contributed by atoms with Gasteiger partial charge in [0.05, 0.1) is 11.6 Å². The summed E-state index contributed by atoms with van der Waals surface area (Å²) in [4.78, 5) is 29.7. The molecule has 2 amide bonds. The average molecular weight is 298 g/mol. The fraction of sp³-hybridized carbons (Fsp3) is 0.615. The Hall–Kier alpha value is -1.47. The highest BCUT2D eigenvalue weighted by Crippen LogP contribution is 2.12. The van der Waals surface area contributed by atoms with Gasteiger partial charge in [0.2, 0.25) is 5.91 Å². The minimum Gasteiger partial charge on any atom is -0.352 e.